The van der Waals surface area contributed by atoms with Crippen molar-refractivity contribution in [1.29, 1.82) is 0 Å². The molecule has 0 saturated carbocycles. The number of hydrogen-bond acceptors (Lipinski definition) is 5. The number of unbranched alkanes of at least 4 members (excludes halogenated alkanes) is 1. The van der Waals surface area contributed by atoms with Gasteiger partial charge in [-0.3, -0.25) is 14.1 Å². The van der Waals surface area contributed by atoms with Crippen LogP contribution in [-0.2, 0) is 25.7 Å². The van der Waals surface area contributed by atoms with E-state index in [2.05, 4.69) is 25.6 Å². The summed E-state index contributed by atoms with van der Waals surface area (Å²) in [6, 6.07) is 12.3. The number of nitrogens with one attached hydrogen (secondary N) is 1. The molecule has 1 N–H and O–H groups in total. The fraction of sp³-hybridized carbons (Fsp3) is 0.321. The Labute approximate surface area is 228 Å². The molecule has 208 valence electrons. The van der Waals surface area contributed by atoms with Gasteiger partial charge in [-0.25, -0.2) is 9.89 Å². The molecule has 0 saturated heterocycles. The highest BCUT2D eigenvalue weighted by Gasteiger charge is 2.37. The molecule has 5 aromatic rings. The molecule has 0 unspecified atom stereocenters. The van der Waals surface area contributed by atoms with Gasteiger partial charge in [-0.15, -0.1) is 5.10 Å². The van der Waals surface area contributed by atoms with Crippen LogP contribution in [0.5, 0.6) is 0 Å². The van der Waals surface area contributed by atoms with Gasteiger partial charge >= 0.3 is 11.9 Å². The summed E-state index contributed by atoms with van der Waals surface area (Å²) in [5.74, 6) is 0.365. The predicted molar refractivity (Wildman–Crippen MR) is 144 cm³/mol. The number of tetrazole rings is 1. The summed E-state index contributed by atoms with van der Waals surface area (Å²) in [7, 11) is 0. The normalized spacial score (nSPS) is 11.8. The number of aromatic amines is 1. The Bertz CT molecular complexity index is 1630. The molecule has 9 nitrogen and oxygen atoms in total. The topological polar surface area (TPSA) is 99.2 Å². The highest BCUT2D eigenvalue weighted by atomic mass is 19.4. The van der Waals surface area contributed by atoms with Gasteiger partial charge in [-0.2, -0.15) is 13.2 Å². The Balaban J connectivity index is 1.52. The molecule has 12 heteroatoms. The molecule has 0 atom stereocenters. The van der Waals surface area contributed by atoms with Gasteiger partial charge in [0.25, 0.3) is 0 Å². The van der Waals surface area contributed by atoms with Crippen LogP contribution in [0.2, 0.25) is 0 Å². The van der Waals surface area contributed by atoms with Crippen molar-refractivity contribution in [3.63, 3.8) is 0 Å². The molecule has 0 bridgehead atoms. The Morgan fingerprint density at radius 3 is 2.45 bits per heavy atom. The Morgan fingerprint density at radius 2 is 1.80 bits per heavy atom. The number of hydrogen-bond donors (Lipinski definition) is 1. The molecule has 0 aliphatic heterocycles. The average Bonchev–Trinajstić information content (AvgIpc) is 3.69. The van der Waals surface area contributed by atoms with E-state index in [-0.39, 0.29) is 12.4 Å². The first-order valence-corrected chi connectivity index (χ1v) is 13.2. The van der Waals surface area contributed by atoms with E-state index in [1.165, 1.54) is 10.8 Å². The van der Waals surface area contributed by atoms with Crippen molar-refractivity contribution < 1.29 is 13.2 Å². The molecule has 4 heterocycles. The third-order valence-corrected chi connectivity index (χ3v) is 6.75. The van der Waals surface area contributed by atoms with Gasteiger partial charge < -0.3 is 4.57 Å². The number of imidazole rings is 1. The number of halogens is 3. The second-order valence-electron chi connectivity index (χ2n) is 9.55. The first kappa shape index (κ1) is 27.1. The van der Waals surface area contributed by atoms with E-state index < -0.39 is 17.4 Å². The zero-order chi connectivity index (χ0) is 28.3. The largest absolute Gasteiger partial charge is 0.419 e. The lowest BCUT2D eigenvalue weighted by molar-refractivity contribution is -0.137. The summed E-state index contributed by atoms with van der Waals surface area (Å²) in [5, 5.41) is 14.1. The molecule has 5 rings (SSSR count). The molecule has 0 radical (unpaired) electrons. The summed E-state index contributed by atoms with van der Waals surface area (Å²) in [5.41, 5.74) is 2.40. The van der Waals surface area contributed by atoms with E-state index in [1.54, 1.807) is 17.0 Å². The van der Waals surface area contributed by atoms with E-state index in [0.29, 0.717) is 36.6 Å². The predicted octanol–water partition coefficient (Wildman–Crippen LogP) is 5.50. The fourth-order valence-corrected chi connectivity index (χ4v) is 4.83. The van der Waals surface area contributed by atoms with Crippen molar-refractivity contribution in [2.45, 2.75) is 58.8 Å². The molecule has 1 aromatic carbocycles. The molecule has 0 fully saturated rings. The molecule has 0 aliphatic rings. The summed E-state index contributed by atoms with van der Waals surface area (Å²) >= 11 is 0. The van der Waals surface area contributed by atoms with Crippen molar-refractivity contribution in [3.8, 4) is 28.5 Å². The number of aryl methyl sites for hydroxylation is 2. The fourth-order valence-electron chi connectivity index (χ4n) is 4.83. The van der Waals surface area contributed by atoms with Crippen LogP contribution in [0.15, 0.2) is 65.8 Å². The van der Waals surface area contributed by atoms with Gasteiger partial charge in [0.1, 0.15) is 5.82 Å². The van der Waals surface area contributed by atoms with Crippen molar-refractivity contribution >= 4 is 0 Å². The van der Waals surface area contributed by atoms with Gasteiger partial charge in [0.2, 0.25) is 0 Å². The number of alkyl halides is 3. The third kappa shape index (κ3) is 5.33. The molecular formula is C28H29F3N8O. The third-order valence-electron chi connectivity index (χ3n) is 6.75. The summed E-state index contributed by atoms with van der Waals surface area (Å²) in [4.78, 5) is 18.3. The Morgan fingerprint density at radius 1 is 1.00 bits per heavy atom. The maximum absolute atomic E-state index is 13.9. The maximum Gasteiger partial charge on any atom is 0.419 e. The maximum atomic E-state index is 13.9. The molecule has 0 amide bonds. The van der Waals surface area contributed by atoms with Crippen LogP contribution in [0.25, 0.3) is 28.5 Å². The van der Waals surface area contributed by atoms with Crippen LogP contribution in [0.3, 0.4) is 0 Å². The van der Waals surface area contributed by atoms with Crippen LogP contribution in [0, 0.1) is 0 Å². The minimum absolute atomic E-state index is 0.150. The van der Waals surface area contributed by atoms with Gasteiger partial charge in [0.05, 0.1) is 17.8 Å². The Hall–Kier alpha value is -4.48. The minimum atomic E-state index is -4.59. The van der Waals surface area contributed by atoms with Crippen molar-refractivity contribution in [3.05, 3.63) is 88.4 Å². The van der Waals surface area contributed by atoms with Crippen LogP contribution in [0.1, 0.15) is 49.9 Å². The van der Waals surface area contributed by atoms with Crippen molar-refractivity contribution in [1.82, 2.24) is 39.3 Å². The van der Waals surface area contributed by atoms with Crippen molar-refractivity contribution in [2.75, 3.05) is 0 Å². The van der Waals surface area contributed by atoms with E-state index in [9.17, 15) is 18.0 Å². The van der Waals surface area contributed by atoms with E-state index >= 15 is 0 Å². The first-order valence-electron chi connectivity index (χ1n) is 13.2. The summed E-state index contributed by atoms with van der Waals surface area (Å²) < 4.78 is 45.9. The molecule has 0 spiro atoms. The highest BCUT2D eigenvalue weighted by molar-refractivity contribution is 5.78. The van der Waals surface area contributed by atoms with E-state index in [0.717, 1.165) is 40.2 Å². The standard InChI is InChI=1S/C28H29F3N8O/c1-3-5-8-20-18-39(26-23(28(29,30)31)13-15-37(26)14-4-2)27(40)38(20)17-19-11-12-24(32-16-19)21-9-6-7-10-22(21)25-33-35-36-34-25/h6-7,9-13,15-16,18H,3-5,8,14,17H2,1-2H3,(H,33,34,35,36). The number of H-pyrrole nitrogens is 1. The lowest BCUT2D eigenvalue weighted by Gasteiger charge is -2.13. The minimum Gasteiger partial charge on any atom is -0.334 e. The molecule has 0 aliphatic carbocycles. The van der Waals surface area contributed by atoms with Gasteiger partial charge in [0, 0.05) is 42.0 Å². The van der Waals surface area contributed by atoms with Crippen LogP contribution in [0.4, 0.5) is 13.2 Å². The van der Waals surface area contributed by atoms with Gasteiger partial charge in [-0.1, -0.05) is 50.6 Å². The smallest absolute Gasteiger partial charge is 0.334 e. The quantitative estimate of drug-likeness (QED) is 0.248. The number of aromatic nitrogens is 8. The van der Waals surface area contributed by atoms with Gasteiger partial charge in [-0.05, 0) is 47.4 Å². The summed E-state index contributed by atoms with van der Waals surface area (Å²) in [6.07, 6.45) is 2.93. The lowest BCUT2D eigenvalue weighted by Crippen LogP contribution is -2.27. The molecule has 40 heavy (non-hydrogen) atoms. The SMILES string of the molecule is CCCCc1cn(-c2c(C(F)(F)F)ccn2CCC)c(=O)n1Cc1ccc(-c2ccccc2-c2nnn[nH]2)nc1. The van der Waals surface area contributed by atoms with Gasteiger partial charge in [0.15, 0.2) is 5.82 Å². The number of benzene rings is 1. The van der Waals surface area contributed by atoms with E-state index in [1.807, 2.05) is 50.2 Å². The average molecular weight is 551 g/mol. The number of rotatable bonds is 10. The number of nitrogens with zero attached hydrogens (tertiary/aromatic N) is 7. The monoisotopic (exact) mass is 550 g/mol. The van der Waals surface area contributed by atoms with Crippen LogP contribution >= 0.6 is 0 Å². The zero-order valence-electron chi connectivity index (χ0n) is 22.2. The molecule has 4 aromatic heterocycles. The van der Waals surface area contributed by atoms with Crippen LogP contribution < -0.4 is 5.69 Å². The molecular weight excluding hydrogens is 521 g/mol. The summed E-state index contributed by atoms with van der Waals surface area (Å²) in [6.45, 7) is 4.46. The zero-order valence-corrected chi connectivity index (χ0v) is 22.2. The van der Waals surface area contributed by atoms with Crippen LogP contribution in [-0.4, -0.2) is 39.3 Å². The lowest BCUT2D eigenvalue weighted by atomic mass is 10.0. The second-order valence-corrected chi connectivity index (χ2v) is 9.55. The van der Waals surface area contributed by atoms with Crippen molar-refractivity contribution in [2.24, 2.45) is 0 Å². The highest BCUT2D eigenvalue weighted by Crippen LogP contribution is 2.35. The first-order chi connectivity index (χ1) is 19.3. The second kappa shape index (κ2) is 11.3. The Kier molecular flexibility index (Phi) is 7.67. The number of pyridine rings is 1. The van der Waals surface area contributed by atoms with E-state index in [4.69, 9.17) is 0 Å².